The molecular weight excluding hydrogens is 304 g/mol. The first kappa shape index (κ1) is 14.3. The van der Waals surface area contributed by atoms with E-state index >= 15 is 0 Å². The quantitative estimate of drug-likeness (QED) is 0.323. The number of pyridine rings is 2. The molecule has 3 rings (SSSR count). The molecule has 2 aromatic heterocycles. The van der Waals surface area contributed by atoms with Crippen LogP contribution in [-0.4, -0.2) is 11.0 Å². The van der Waals surface area contributed by atoms with Gasteiger partial charge in [-0.15, -0.1) is 0 Å². The summed E-state index contributed by atoms with van der Waals surface area (Å²) in [6.45, 7) is -0.115. The molecule has 0 atom stereocenters. The molecule has 0 bridgehead atoms. The first-order chi connectivity index (χ1) is 10.6. The van der Waals surface area contributed by atoms with E-state index in [0.717, 1.165) is 5.39 Å². The van der Waals surface area contributed by atoms with Crippen LogP contribution < -0.4 is 4.73 Å². The van der Waals surface area contributed by atoms with Gasteiger partial charge in [-0.2, -0.15) is 4.73 Å². The summed E-state index contributed by atoms with van der Waals surface area (Å²) >= 11 is 5.79. The summed E-state index contributed by atoms with van der Waals surface area (Å²) in [7, 11) is 0. The fourth-order valence-corrected chi connectivity index (χ4v) is 2.21. The summed E-state index contributed by atoms with van der Waals surface area (Å²) in [5.41, 5.74) is 0.759. The minimum Gasteiger partial charge on any atom is -0.618 e. The molecule has 0 aliphatic rings. The smallest absolute Gasteiger partial charge is 0.338 e. The van der Waals surface area contributed by atoms with E-state index in [2.05, 4.69) is 4.98 Å². The maximum absolute atomic E-state index is 12.0. The van der Waals surface area contributed by atoms with Crippen LogP contribution in [-0.2, 0) is 11.3 Å². The number of fused-ring (bicyclic) bond motifs is 1. The third-order valence-electron chi connectivity index (χ3n) is 3.16. The normalized spacial score (nSPS) is 10.6. The number of aromatic nitrogens is 2. The number of rotatable bonds is 3. The lowest BCUT2D eigenvalue weighted by Gasteiger charge is -2.07. The topological polar surface area (TPSA) is 66.1 Å². The van der Waals surface area contributed by atoms with Crippen LogP contribution in [0.25, 0.3) is 10.8 Å². The van der Waals surface area contributed by atoms with Crippen molar-refractivity contribution in [3.8, 4) is 0 Å². The summed E-state index contributed by atoms with van der Waals surface area (Å²) in [6, 6.07) is 11.8. The van der Waals surface area contributed by atoms with Crippen molar-refractivity contribution in [2.45, 2.75) is 6.61 Å². The van der Waals surface area contributed by atoms with Gasteiger partial charge in [0.2, 0.25) is 5.69 Å². The molecule has 6 heteroatoms. The van der Waals surface area contributed by atoms with Crippen LogP contribution in [0.15, 0.2) is 54.9 Å². The van der Waals surface area contributed by atoms with Gasteiger partial charge in [0.15, 0.2) is 12.8 Å². The van der Waals surface area contributed by atoms with Gasteiger partial charge in [-0.3, -0.25) is 0 Å². The molecule has 3 aromatic rings. The molecule has 0 fully saturated rings. The second-order valence-electron chi connectivity index (χ2n) is 4.67. The Morgan fingerprint density at radius 1 is 1.23 bits per heavy atom. The average molecular weight is 315 g/mol. The van der Waals surface area contributed by atoms with Crippen molar-refractivity contribution >= 4 is 28.3 Å². The number of hydrogen-bond donors (Lipinski definition) is 0. The number of carbonyl (C=O) groups is 1. The number of benzene rings is 1. The van der Waals surface area contributed by atoms with Crippen molar-refractivity contribution in [3.63, 3.8) is 0 Å². The van der Waals surface area contributed by atoms with E-state index in [-0.39, 0.29) is 6.61 Å². The summed E-state index contributed by atoms with van der Waals surface area (Å²) in [5, 5.41) is 13.7. The highest BCUT2D eigenvalue weighted by Gasteiger charge is 2.13. The van der Waals surface area contributed by atoms with E-state index in [4.69, 9.17) is 16.3 Å². The second-order valence-corrected chi connectivity index (χ2v) is 5.06. The predicted octanol–water partition coefficient (Wildman–Crippen LogP) is 2.88. The molecule has 0 N–H and O–H groups in total. The monoisotopic (exact) mass is 314 g/mol. The van der Waals surface area contributed by atoms with E-state index < -0.39 is 5.97 Å². The van der Waals surface area contributed by atoms with Crippen LogP contribution in [0.5, 0.6) is 0 Å². The van der Waals surface area contributed by atoms with Crippen molar-refractivity contribution in [2.24, 2.45) is 0 Å². The molecule has 0 saturated carbocycles. The molecular formula is C16H11ClN2O3. The minimum atomic E-state index is -0.477. The lowest BCUT2D eigenvalue weighted by Crippen LogP contribution is -2.32. The zero-order valence-corrected chi connectivity index (χ0v) is 12.2. The molecule has 1 aromatic carbocycles. The van der Waals surface area contributed by atoms with Crippen molar-refractivity contribution < 1.29 is 14.3 Å². The molecule has 5 nitrogen and oxygen atoms in total. The van der Waals surface area contributed by atoms with E-state index in [1.807, 2.05) is 6.07 Å². The Morgan fingerprint density at radius 2 is 2.00 bits per heavy atom. The largest absolute Gasteiger partial charge is 0.618 e. The van der Waals surface area contributed by atoms with Gasteiger partial charge >= 0.3 is 5.97 Å². The van der Waals surface area contributed by atoms with Gasteiger partial charge in [-0.25, -0.2) is 9.78 Å². The summed E-state index contributed by atoms with van der Waals surface area (Å²) in [6.07, 6.45) is 2.95. The molecule has 0 saturated heterocycles. The molecule has 0 radical (unpaired) electrons. The molecule has 2 heterocycles. The van der Waals surface area contributed by atoms with Crippen molar-refractivity contribution in [1.82, 2.24) is 4.98 Å². The van der Waals surface area contributed by atoms with E-state index in [1.165, 1.54) is 6.20 Å². The van der Waals surface area contributed by atoms with Crippen LogP contribution in [0.2, 0.25) is 5.15 Å². The Hall–Kier alpha value is -2.66. The third-order valence-corrected chi connectivity index (χ3v) is 3.36. The Morgan fingerprint density at radius 3 is 2.77 bits per heavy atom. The van der Waals surface area contributed by atoms with Crippen LogP contribution in [0.3, 0.4) is 0 Å². The second kappa shape index (κ2) is 5.99. The highest BCUT2D eigenvalue weighted by molar-refractivity contribution is 6.30. The van der Waals surface area contributed by atoms with Gasteiger partial charge in [-0.05, 0) is 18.2 Å². The van der Waals surface area contributed by atoms with Gasteiger partial charge in [0.05, 0.1) is 10.9 Å². The molecule has 0 aliphatic heterocycles. The number of ether oxygens (including phenoxy) is 1. The van der Waals surface area contributed by atoms with Gasteiger partial charge in [0.25, 0.3) is 0 Å². The van der Waals surface area contributed by atoms with Gasteiger partial charge in [-0.1, -0.05) is 29.8 Å². The molecule has 22 heavy (non-hydrogen) atoms. The van der Waals surface area contributed by atoms with Gasteiger partial charge in [0, 0.05) is 17.6 Å². The lowest BCUT2D eigenvalue weighted by atomic mass is 10.2. The number of carbonyl (C=O) groups excluding carboxylic acids is 1. The maximum atomic E-state index is 12.0. The van der Waals surface area contributed by atoms with Gasteiger partial charge in [0.1, 0.15) is 5.15 Å². The highest BCUT2D eigenvalue weighted by atomic mass is 35.5. The maximum Gasteiger partial charge on any atom is 0.338 e. The fraction of sp³-hybridized carbons (Fsp3) is 0.0625. The molecule has 0 amide bonds. The van der Waals surface area contributed by atoms with E-state index in [1.54, 1.807) is 42.6 Å². The van der Waals surface area contributed by atoms with E-state index in [9.17, 15) is 10.0 Å². The summed E-state index contributed by atoms with van der Waals surface area (Å²) in [5.74, 6) is -0.477. The Bertz CT molecular complexity index is 837. The van der Waals surface area contributed by atoms with E-state index in [0.29, 0.717) is 26.5 Å². The number of nitrogens with zero attached hydrogens (tertiary/aromatic N) is 2. The predicted molar refractivity (Wildman–Crippen MR) is 81.3 cm³/mol. The highest BCUT2D eigenvalue weighted by Crippen LogP contribution is 2.16. The Balaban J connectivity index is 1.80. The number of halogens is 1. The van der Waals surface area contributed by atoms with Crippen LogP contribution in [0.1, 0.15) is 16.1 Å². The molecule has 0 aliphatic carbocycles. The Labute approximate surface area is 131 Å². The van der Waals surface area contributed by atoms with Crippen LogP contribution >= 0.6 is 11.6 Å². The number of esters is 1. The first-order valence-corrected chi connectivity index (χ1v) is 6.91. The van der Waals surface area contributed by atoms with Crippen molar-refractivity contribution in [1.29, 1.82) is 0 Å². The average Bonchev–Trinajstić information content (AvgIpc) is 2.53. The van der Waals surface area contributed by atoms with Crippen LogP contribution in [0, 0.1) is 5.21 Å². The Kier molecular flexibility index (Phi) is 3.89. The third kappa shape index (κ3) is 2.99. The van der Waals surface area contributed by atoms with Crippen molar-refractivity contribution in [3.05, 3.63) is 76.5 Å². The molecule has 110 valence electrons. The van der Waals surface area contributed by atoms with Crippen molar-refractivity contribution in [2.75, 3.05) is 0 Å². The molecule has 0 spiro atoms. The summed E-state index contributed by atoms with van der Waals surface area (Å²) in [4.78, 5) is 15.8. The van der Waals surface area contributed by atoms with Crippen LogP contribution in [0.4, 0.5) is 0 Å². The first-order valence-electron chi connectivity index (χ1n) is 6.53. The SMILES string of the molecule is O=C(OCc1cc2cnc(Cl)cc2c[n+]1[O-])c1ccccc1. The standard InChI is InChI=1S/C16H11ClN2O3/c17-15-7-13-9-19(21)14(6-12(13)8-18-15)10-22-16(20)11-4-2-1-3-5-11/h1-9H,10H2. The van der Waals surface area contributed by atoms with Gasteiger partial charge < -0.3 is 9.94 Å². The number of hydrogen-bond acceptors (Lipinski definition) is 4. The zero-order chi connectivity index (χ0) is 15.5. The molecule has 0 unspecified atom stereocenters. The summed E-state index contributed by atoms with van der Waals surface area (Å²) < 4.78 is 5.82. The zero-order valence-electron chi connectivity index (χ0n) is 11.4. The fourth-order valence-electron chi connectivity index (χ4n) is 2.04. The minimum absolute atomic E-state index is 0.115. The lowest BCUT2D eigenvalue weighted by molar-refractivity contribution is -0.614.